The Kier molecular flexibility index (Phi) is 4.15. The lowest BCUT2D eigenvalue weighted by Gasteiger charge is -2.11. The molecule has 0 saturated heterocycles. The molecule has 1 heterocycles. The van der Waals surface area contributed by atoms with Crippen LogP contribution >= 0.6 is 0 Å². The van der Waals surface area contributed by atoms with Gasteiger partial charge in [-0.15, -0.1) is 0 Å². The summed E-state index contributed by atoms with van der Waals surface area (Å²) in [6.07, 6.45) is 6.14. The van der Waals surface area contributed by atoms with E-state index in [1.165, 1.54) is 6.07 Å². The predicted octanol–water partition coefficient (Wildman–Crippen LogP) is 2.69. The summed E-state index contributed by atoms with van der Waals surface area (Å²) < 4.78 is 18.7. The molecule has 1 unspecified atom stereocenters. The number of halogens is 1. The lowest BCUT2D eigenvalue weighted by molar-refractivity contribution is 0.228. The van der Waals surface area contributed by atoms with E-state index in [0.29, 0.717) is 0 Å². The molecule has 92 valence electrons. The van der Waals surface area contributed by atoms with Gasteiger partial charge in [0.2, 0.25) is 0 Å². The fourth-order valence-corrected chi connectivity index (χ4v) is 2.02. The number of nitrogens with one attached hydrogen (secondary N) is 1. The maximum Gasteiger partial charge on any atom is 0.123 e. The number of hydrogen-bond donors (Lipinski definition) is 1. The van der Waals surface area contributed by atoms with Gasteiger partial charge in [0.1, 0.15) is 17.7 Å². The molecule has 0 saturated carbocycles. The van der Waals surface area contributed by atoms with Gasteiger partial charge in [0, 0.05) is 18.5 Å². The van der Waals surface area contributed by atoms with Crippen LogP contribution in [-0.4, -0.2) is 19.2 Å². The number of ether oxygens (including phenoxy) is 1. The molecule has 0 amide bonds. The minimum Gasteiger partial charge on any atom is -0.488 e. The van der Waals surface area contributed by atoms with E-state index < -0.39 is 0 Å². The predicted molar refractivity (Wildman–Crippen MR) is 66.8 cm³/mol. The average Bonchev–Trinajstić information content (AvgIpc) is 2.70. The normalized spacial score (nSPS) is 18.4. The summed E-state index contributed by atoms with van der Waals surface area (Å²) in [5.41, 5.74) is 0.977. The second-order valence-corrected chi connectivity index (χ2v) is 4.26. The largest absolute Gasteiger partial charge is 0.488 e. The summed E-state index contributed by atoms with van der Waals surface area (Å²) in [4.78, 5) is 0. The number of benzene rings is 1. The van der Waals surface area contributed by atoms with Crippen LogP contribution in [0.2, 0.25) is 0 Å². The molecule has 0 fully saturated rings. The van der Waals surface area contributed by atoms with Gasteiger partial charge in [-0.1, -0.05) is 12.2 Å². The van der Waals surface area contributed by atoms with Gasteiger partial charge < -0.3 is 10.1 Å². The third kappa shape index (κ3) is 3.30. The summed E-state index contributed by atoms with van der Waals surface area (Å²) in [6, 6.07) is 4.72. The van der Waals surface area contributed by atoms with Crippen LogP contribution in [0.15, 0.2) is 30.4 Å². The lowest BCUT2D eigenvalue weighted by atomic mass is 10.1. The SMILES string of the molecule is C/C=C/CCNCC1Cc2cc(F)ccc2O1. The highest BCUT2D eigenvalue weighted by Crippen LogP contribution is 2.28. The molecule has 1 atom stereocenters. The maximum atomic E-state index is 13.0. The molecule has 2 rings (SSSR count). The van der Waals surface area contributed by atoms with Crippen molar-refractivity contribution in [3.05, 3.63) is 41.7 Å². The average molecular weight is 235 g/mol. The minimum absolute atomic E-state index is 0.136. The molecule has 0 spiro atoms. The molecule has 17 heavy (non-hydrogen) atoms. The van der Waals surface area contributed by atoms with Crippen molar-refractivity contribution in [3.8, 4) is 5.75 Å². The van der Waals surface area contributed by atoms with Crippen LogP contribution in [0.25, 0.3) is 0 Å². The van der Waals surface area contributed by atoms with E-state index in [4.69, 9.17) is 4.74 Å². The van der Waals surface area contributed by atoms with Crippen molar-refractivity contribution >= 4 is 0 Å². The Morgan fingerprint density at radius 3 is 3.24 bits per heavy atom. The summed E-state index contributed by atoms with van der Waals surface area (Å²) in [5.74, 6) is 0.640. The number of hydrogen-bond acceptors (Lipinski definition) is 2. The van der Waals surface area contributed by atoms with Crippen LogP contribution in [-0.2, 0) is 6.42 Å². The molecule has 0 aromatic heterocycles. The van der Waals surface area contributed by atoms with Crippen molar-refractivity contribution < 1.29 is 9.13 Å². The van der Waals surface area contributed by atoms with Crippen molar-refractivity contribution in [1.29, 1.82) is 0 Å². The molecule has 0 bridgehead atoms. The first-order chi connectivity index (χ1) is 8.29. The molecule has 1 aliphatic rings. The zero-order chi connectivity index (χ0) is 12.1. The highest BCUT2D eigenvalue weighted by atomic mass is 19.1. The van der Waals surface area contributed by atoms with Crippen molar-refractivity contribution in [2.24, 2.45) is 0 Å². The second-order valence-electron chi connectivity index (χ2n) is 4.26. The van der Waals surface area contributed by atoms with Crippen LogP contribution in [0.1, 0.15) is 18.9 Å². The van der Waals surface area contributed by atoms with Gasteiger partial charge in [-0.05, 0) is 38.1 Å². The maximum absolute atomic E-state index is 13.0. The molecule has 0 radical (unpaired) electrons. The van der Waals surface area contributed by atoms with Gasteiger partial charge in [-0.2, -0.15) is 0 Å². The van der Waals surface area contributed by atoms with E-state index in [1.54, 1.807) is 12.1 Å². The number of rotatable bonds is 5. The third-order valence-corrected chi connectivity index (χ3v) is 2.86. The van der Waals surface area contributed by atoms with Crippen molar-refractivity contribution in [3.63, 3.8) is 0 Å². The van der Waals surface area contributed by atoms with Crippen molar-refractivity contribution in [2.75, 3.05) is 13.1 Å². The summed E-state index contributed by atoms with van der Waals surface area (Å²) in [5, 5.41) is 3.34. The van der Waals surface area contributed by atoms with E-state index >= 15 is 0 Å². The zero-order valence-corrected chi connectivity index (χ0v) is 10.1. The highest BCUT2D eigenvalue weighted by Gasteiger charge is 2.22. The van der Waals surface area contributed by atoms with E-state index in [0.717, 1.165) is 37.2 Å². The second kappa shape index (κ2) is 5.82. The summed E-state index contributed by atoms with van der Waals surface area (Å²) in [6.45, 7) is 3.79. The molecule has 2 nitrogen and oxygen atoms in total. The Balaban J connectivity index is 1.76. The lowest BCUT2D eigenvalue weighted by Crippen LogP contribution is -2.30. The Labute approximate surface area is 101 Å². The first-order valence-electron chi connectivity index (χ1n) is 6.06. The van der Waals surface area contributed by atoms with E-state index in [2.05, 4.69) is 11.4 Å². The molecule has 1 aliphatic heterocycles. The molecule has 3 heteroatoms. The Morgan fingerprint density at radius 1 is 1.53 bits per heavy atom. The van der Waals surface area contributed by atoms with Crippen molar-refractivity contribution in [1.82, 2.24) is 5.32 Å². The molecule has 1 aromatic rings. The first-order valence-corrected chi connectivity index (χ1v) is 6.06. The molecular formula is C14H18FNO. The highest BCUT2D eigenvalue weighted by molar-refractivity contribution is 5.37. The Morgan fingerprint density at radius 2 is 2.41 bits per heavy atom. The van der Waals surface area contributed by atoms with Crippen LogP contribution in [0, 0.1) is 5.82 Å². The molecule has 1 aromatic carbocycles. The van der Waals surface area contributed by atoms with Gasteiger partial charge in [-0.25, -0.2) is 4.39 Å². The fourth-order valence-electron chi connectivity index (χ4n) is 2.02. The van der Waals surface area contributed by atoms with E-state index in [-0.39, 0.29) is 11.9 Å². The third-order valence-electron chi connectivity index (χ3n) is 2.86. The van der Waals surface area contributed by atoms with Gasteiger partial charge >= 0.3 is 0 Å². The van der Waals surface area contributed by atoms with Gasteiger partial charge in [-0.3, -0.25) is 0 Å². The number of fused-ring (bicyclic) bond motifs is 1. The topological polar surface area (TPSA) is 21.3 Å². The van der Waals surface area contributed by atoms with Crippen molar-refractivity contribution in [2.45, 2.75) is 25.9 Å². The first kappa shape index (κ1) is 12.1. The summed E-state index contributed by atoms with van der Waals surface area (Å²) in [7, 11) is 0. The van der Waals surface area contributed by atoms with Crippen LogP contribution in [0.5, 0.6) is 5.75 Å². The number of allylic oxidation sites excluding steroid dienone is 1. The van der Waals surface area contributed by atoms with Crippen LogP contribution < -0.4 is 10.1 Å². The summed E-state index contributed by atoms with van der Waals surface area (Å²) >= 11 is 0. The van der Waals surface area contributed by atoms with E-state index in [1.807, 2.05) is 13.0 Å². The van der Waals surface area contributed by atoms with E-state index in [9.17, 15) is 4.39 Å². The molecule has 0 aliphatic carbocycles. The quantitative estimate of drug-likeness (QED) is 0.626. The zero-order valence-electron chi connectivity index (χ0n) is 10.1. The Bertz CT molecular complexity index is 403. The molecular weight excluding hydrogens is 217 g/mol. The molecule has 1 N–H and O–H groups in total. The van der Waals surface area contributed by atoms with Gasteiger partial charge in [0.15, 0.2) is 0 Å². The Hall–Kier alpha value is -1.35. The fraction of sp³-hybridized carbons (Fsp3) is 0.429. The van der Waals surface area contributed by atoms with Crippen LogP contribution in [0.3, 0.4) is 0 Å². The van der Waals surface area contributed by atoms with Crippen LogP contribution in [0.4, 0.5) is 4.39 Å². The van der Waals surface area contributed by atoms with Gasteiger partial charge in [0.05, 0.1) is 0 Å². The smallest absolute Gasteiger partial charge is 0.123 e. The van der Waals surface area contributed by atoms with Gasteiger partial charge in [0.25, 0.3) is 0 Å². The minimum atomic E-state index is -0.186. The standard InChI is InChI=1S/C14H18FNO/c1-2-3-4-7-16-10-13-9-11-8-12(15)5-6-14(11)17-13/h2-3,5-6,8,13,16H,4,7,9-10H2,1H3/b3-2+. The monoisotopic (exact) mass is 235 g/mol.